The number of hydrogen-bond donors (Lipinski definition) is 0. The van der Waals surface area contributed by atoms with Crippen molar-refractivity contribution in [1.29, 1.82) is 0 Å². The van der Waals surface area contributed by atoms with Gasteiger partial charge in [-0.1, -0.05) is 54.6 Å². The Morgan fingerprint density at radius 3 is 2.15 bits per heavy atom. The van der Waals surface area contributed by atoms with E-state index in [9.17, 15) is 9.18 Å². The molecule has 0 radical (unpaired) electrons. The topological polar surface area (TPSA) is 17.1 Å². The van der Waals surface area contributed by atoms with Crippen LogP contribution in [0.4, 0.5) is 4.39 Å². The van der Waals surface area contributed by atoms with Crippen molar-refractivity contribution in [1.82, 2.24) is 0 Å². The molecule has 0 atom stereocenters. The minimum Gasteiger partial charge on any atom is -0.295 e. The molecule has 98 valence electrons. The molecule has 2 heteroatoms. The van der Waals surface area contributed by atoms with Crippen molar-refractivity contribution >= 4 is 16.6 Å². The second-order valence-electron chi connectivity index (χ2n) is 4.77. The molecule has 0 N–H and O–H groups in total. The number of ketones is 1. The van der Waals surface area contributed by atoms with Crippen molar-refractivity contribution in [2.75, 3.05) is 0 Å². The average Bonchev–Trinajstić information content (AvgIpc) is 2.48. The second kappa shape index (κ2) is 4.89. The number of carbonyl (C=O) groups is 1. The fourth-order valence-electron chi connectivity index (χ4n) is 2.40. The third-order valence-corrected chi connectivity index (χ3v) is 3.47. The summed E-state index contributed by atoms with van der Waals surface area (Å²) in [7, 11) is 0. The van der Waals surface area contributed by atoms with Gasteiger partial charge in [0.05, 0.1) is 0 Å². The van der Waals surface area contributed by atoms with Crippen LogP contribution in [0, 0.1) is 5.82 Å². The van der Waals surface area contributed by atoms with E-state index in [0.29, 0.717) is 10.9 Å². The molecule has 0 unspecified atom stereocenters. The van der Waals surface area contributed by atoms with Crippen LogP contribution in [0.5, 0.6) is 0 Å². The monoisotopic (exact) mass is 264 g/mol. The van der Waals surface area contributed by atoms with Crippen LogP contribution >= 0.6 is 0 Å². The summed E-state index contributed by atoms with van der Waals surface area (Å²) < 4.78 is 13.8. The van der Waals surface area contributed by atoms with Crippen molar-refractivity contribution < 1.29 is 9.18 Å². The van der Waals surface area contributed by atoms with Crippen LogP contribution in [-0.4, -0.2) is 5.78 Å². The van der Waals surface area contributed by atoms with Gasteiger partial charge >= 0.3 is 0 Å². The number of halogens is 1. The van der Waals surface area contributed by atoms with Gasteiger partial charge in [-0.15, -0.1) is 0 Å². The fraction of sp³-hybridized carbons (Fsp3) is 0.0556. The minimum atomic E-state index is -0.218. The maximum atomic E-state index is 13.8. The number of fused-ring (bicyclic) bond motifs is 1. The highest BCUT2D eigenvalue weighted by Gasteiger charge is 2.07. The van der Waals surface area contributed by atoms with E-state index in [-0.39, 0.29) is 11.6 Å². The molecule has 0 saturated heterocycles. The van der Waals surface area contributed by atoms with E-state index in [1.807, 2.05) is 30.3 Å². The van der Waals surface area contributed by atoms with Gasteiger partial charge < -0.3 is 0 Å². The standard InChI is InChI=1S/C18H13FO/c1-12(20)13-6-8-14(9-7-13)15-10-11-18(19)17-5-3-2-4-16(15)17/h2-11H,1H3. The van der Waals surface area contributed by atoms with Gasteiger partial charge in [0.15, 0.2) is 5.78 Å². The first-order valence-corrected chi connectivity index (χ1v) is 6.45. The molecule has 0 aliphatic heterocycles. The summed E-state index contributed by atoms with van der Waals surface area (Å²) in [5, 5.41) is 1.49. The summed E-state index contributed by atoms with van der Waals surface area (Å²) >= 11 is 0. The molecular formula is C18H13FO. The van der Waals surface area contributed by atoms with E-state index < -0.39 is 0 Å². The first-order valence-electron chi connectivity index (χ1n) is 6.45. The van der Waals surface area contributed by atoms with Gasteiger partial charge in [-0.3, -0.25) is 4.79 Å². The zero-order chi connectivity index (χ0) is 14.1. The third-order valence-electron chi connectivity index (χ3n) is 3.47. The van der Waals surface area contributed by atoms with Crippen LogP contribution in [0.25, 0.3) is 21.9 Å². The quantitative estimate of drug-likeness (QED) is 0.605. The summed E-state index contributed by atoms with van der Waals surface area (Å²) in [5.74, 6) is -0.176. The predicted molar refractivity (Wildman–Crippen MR) is 79.3 cm³/mol. The van der Waals surface area contributed by atoms with Gasteiger partial charge in [0, 0.05) is 10.9 Å². The molecule has 3 aromatic rings. The zero-order valence-electron chi connectivity index (χ0n) is 11.1. The van der Waals surface area contributed by atoms with E-state index in [1.165, 1.54) is 6.07 Å². The highest BCUT2D eigenvalue weighted by molar-refractivity contribution is 5.98. The van der Waals surface area contributed by atoms with Crippen molar-refractivity contribution in [3.8, 4) is 11.1 Å². The van der Waals surface area contributed by atoms with Gasteiger partial charge in [-0.05, 0) is 29.5 Å². The van der Waals surface area contributed by atoms with Gasteiger partial charge in [0.25, 0.3) is 0 Å². The summed E-state index contributed by atoms with van der Waals surface area (Å²) in [6, 6.07) is 18.1. The molecule has 1 nitrogen and oxygen atoms in total. The van der Waals surface area contributed by atoms with Crippen molar-refractivity contribution in [2.24, 2.45) is 0 Å². The Kier molecular flexibility index (Phi) is 3.07. The van der Waals surface area contributed by atoms with E-state index in [4.69, 9.17) is 0 Å². The summed E-state index contributed by atoms with van der Waals surface area (Å²) in [5.41, 5.74) is 2.63. The molecule has 3 rings (SSSR count). The first-order chi connectivity index (χ1) is 9.66. The highest BCUT2D eigenvalue weighted by Crippen LogP contribution is 2.30. The minimum absolute atomic E-state index is 0.0421. The summed E-state index contributed by atoms with van der Waals surface area (Å²) in [4.78, 5) is 11.3. The van der Waals surface area contributed by atoms with Crippen LogP contribution in [0.15, 0.2) is 60.7 Å². The van der Waals surface area contributed by atoms with Crippen LogP contribution in [-0.2, 0) is 0 Å². The molecule has 0 aliphatic carbocycles. The SMILES string of the molecule is CC(=O)c1ccc(-c2ccc(F)c3ccccc23)cc1. The van der Waals surface area contributed by atoms with Crippen LogP contribution < -0.4 is 0 Å². The summed E-state index contributed by atoms with van der Waals surface area (Å²) in [6.45, 7) is 1.54. The maximum absolute atomic E-state index is 13.8. The largest absolute Gasteiger partial charge is 0.295 e. The summed E-state index contributed by atoms with van der Waals surface area (Å²) in [6.07, 6.45) is 0. The molecule has 0 aromatic heterocycles. The van der Waals surface area contributed by atoms with Gasteiger partial charge in [-0.25, -0.2) is 4.39 Å². The fourth-order valence-corrected chi connectivity index (χ4v) is 2.40. The number of Topliss-reactive ketones (excluding diaryl/α,β-unsaturated/α-hetero) is 1. The number of rotatable bonds is 2. The van der Waals surface area contributed by atoms with Crippen molar-refractivity contribution in [2.45, 2.75) is 6.92 Å². The van der Waals surface area contributed by atoms with Crippen molar-refractivity contribution in [3.63, 3.8) is 0 Å². The lowest BCUT2D eigenvalue weighted by Gasteiger charge is -2.08. The van der Waals surface area contributed by atoms with E-state index >= 15 is 0 Å². The van der Waals surface area contributed by atoms with Crippen molar-refractivity contribution in [3.05, 3.63) is 72.0 Å². The molecule has 0 amide bonds. The molecule has 0 aliphatic rings. The Labute approximate surface area is 116 Å². The Bertz CT molecular complexity index is 788. The Morgan fingerprint density at radius 1 is 0.850 bits per heavy atom. The molecule has 0 heterocycles. The number of carbonyl (C=O) groups excluding carboxylic acids is 1. The smallest absolute Gasteiger partial charge is 0.159 e. The lowest BCUT2D eigenvalue weighted by molar-refractivity contribution is 0.101. The Hall–Kier alpha value is -2.48. The first kappa shape index (κ1) is 12.5. The lowest BCUT2D eigenvalue weighted by atomic mass is 9.97. The van der Waals surface area contributed by atoms with E-state index in [1.54, 1.807) is 31.2 Å². The molecule has 0 saturated carbocycles. The molecular weight excluding hydrogens is 251 g/mol. The van der Waals surface area contributed by atoms with Crippen LogP contribution in [0.1, 0.15) is 17.3 Å². The molecule has 0 spiro atoms. The van der Waals surface area contributed by atoms with Crippen LogP contribution in [0.2, 0.25) is 0 Å². The van der Waals surface area contributed by atoms with E-state index in [0.717, 1.165) is 16.5 Å². The predicted octanol–water partition coefficient (Wildman–Crippen LogP) is 4.85. The maximum Gasteiger partial charge on any atom is 0.159 e. The molecule has 20 heavy (non-hydrogen) atoms. The zero-order valence-corrected chi connectivity index (χ0v) is 11.1. The molecule has 0 fully saturated rings. The van der Waals surface area contributed by atoms with Gasteiger partial charge in [0.1, 0.15) is 5.82 Å². The highest BCUT2D eigenvalue weighted by atomic mass is 19.1. The average molecular weight is 264 g/mol. The third kappa shape index (κ3) is 2.10. The molecule has 0 bridgehead atoms. The number of hydrogen-bond acceptors (Lipinski definition) is 1. The Morgan fingerprint density at radius 2 is 1.50 bits per heavy atom. The number of benzene rings is 3. The second-order valence-corrected chi connectivity index (χ2v) is 4.77. The normalized spacial score (nSPS) is 10.7. The van der Waals surface area contributed by atoms with E-state index in [2.05, 4.69) is 0 Å². The van der Waals surface area contributed by atoms with Gasteiger partial charge in [0.2, 0.25) is 0 Å². The Balaban J connectivity index is 2.19. The van der Waals surface area contributed by atoms with Crippen LogP contribution in [0.3, 0.4) is 0 Å². The van der Waals surface area contributed by atoms with Gasteiger partial charge in [-0.2, -0.15) is 0 Å². The lowest BCUT2D eigenvalue weighted by Crippen LogP contribution is -1.91. The molecule has 3 aromatic carbocycles.